The van der Waals surface area contributed by atoms with Crippen LogP contribution in [0.4, 0.5) is 4.79 Å². The van der Waals surface area contributed by atoms with Crippen LogP contribution in [0.3, 0.4) is 0 Å². The molecule has 39 heavy (non-hydrogen) atoms. The highest BCUT2D eigenvalue weighted by atomic mass is 35.5. The van der Waals surface area contributed by atoms with Crippen molar-refractivity contribution in [2.45, 2.75) is 59.0 Å². The second-order valence-electron chi connectivity index (χ2n) is 9.01. The number of rotatable bonds is 12. The number of unbranched alkanes of at least 4 members (excludes halogenated alkanes) is 2. The number of imide groups is 1. The van der Waals surface area contributed by atoms with Gasteiger partial charge >= 0.3 is 12.0 Å². The number of nitrogens with one attached hydrogen (secondary N) is 1. The highest BCUT2D eigenvalue weighted by molar-refractivity contribution is 6.13. The highest BCUT2D eigenvalue weighted by Crippen LogP contribution is 2.26. The lowest BCUT2D eigenvalue weighted by Crippen LogP contribution is -2.33. The molecule has 2 aromatic heterocycles. The number of aromatic amines is 1. The van der Waals surface area contributed by atoms with Gasteiger partial charge in [-0.05, 0) is 36.6 Å². The maximum atomic E-state index is 13.4. The second-order valence-corrected chi connectivity index (χ2v) is 9.01. The molecule has 0 aliphatic carbocycles. The van der Waals surface area contributed by atoms with E-state index < -0.39 is 12.0 Å². The van der Waals surface area contributed by atoms with Gasteiger partial charge in [-0.2, -0.15) is 5.21 Å². The van der Waals surface area contributed by atoms with Crippen molar-refractivity contribution in [1.29, 1.82) is 0 Å². The summed E-state index contributed by atoms with van der Waals surface area (Å²) in [5.41, 5.74) is 2.35. The summed E-state index contributed by atoms with van der Waals surface area (Å²) in [6, 6.07) is 6.77. The van der Waals surface area contributed by atoms with Gasteiger partial charge in [0.2, 0.25) is 0 Å². The predicted molar refractivity (Wildman–Crippen MR) is 145 cm³/mol. The third kappa shape index (κ3) is 6.69. The van der Waals surface area contributed by atoms with Crippen LogP contribution in [0.5, 0.6) is 0 Å². The molecule has 3 amide bonds. The Kier molecular flexibility index (Phi) is 10.3. The summed E-state index contributed by atoms with van der Waals surface area (Å²) < 4.78 is 6.83. The lowest BCUT2D eigenvalue weighted by Gasteiger charge is -2.15. The monoisotopic (exact) mass is 556 g/mol. The third-order valence-electron chi connectivity index (χ3n) is 6.36. The average Bonchev–Trinajstić information content (AvgIpc) is 3.63. The van der Waals surface area contributed by atoms with Gasteiger partial charge in [-0.15, -0.1) is 22.6 Å². The van der Waals surface area contributed by atoms with E-state index >= 15 is 0 Å². The number of carbonyl (C=O) groups excluding carboxylic acids is 3. The van der Waals surface area contributed by atoms with Crippen molar-refractivity contribution in [2.75, 3.05) is 13.7 Å². The first-order chi connectivity index (χ1) is 18.5. The van der Waals surface area contributed by atoms with E-state index in [1.54, 1.807) is 24.4 Å². The fourth-order valence-corrected chi connectivity index (χ4v) is 4.23. The molecular formula is C26H33ClN8O4. The molecule has 208 valence electrons. The van der Waals surface area contributed by atoms with Crippen LogP contribution in [0.1, 0.15) is 72.8 Å². The van der Waals surface area contributed by atoms with Crippen LogP contribution in [0.15, 0.2) is 36.2 Å². The van der Waals surface area contributed by atoms with Gasteiger partial charge in [0.15, 0.2) is 5.82 Å². The first-order valence-corrected chi connectivity index (χ1v) is 12.8. The van der Waals surface area contributed by atoms with Gasteiger partial charge in [0, 0.05) is 19.5 Å². The van der Waals surface area contributed by atoms with Crippen molar-refractivity contribution in [2.24, 2.45) is 0 Å². The van der Waals surface area contributed by atoms with Crippen molar-refractivity contribution >= 4 is 36.4 Å². The summed E-state index contributed by atoms with van der Waals surface area (Å²) in [6.45, 7) is 4.95. The average molecular weight is 557 g/mol. The van der Waals surface area contributed by atoms with Crippen molar-refractivity contribution in [3.63, 3.8) is 0 Å². The van der Waals surface area contributed by atoms with Gasteiger partial charge in [0.1, 0.15) is 11.5 Å². The van der Waals surface area contributed by atoms with E-state index in [2.05, 4.69) is 32.5 Å². The smallest absolute Gasteiger partial charge is 0.337 e. The van der Waals surface area contributed by atoms with Crippen LogP contribution in [0.2, 0.25) is 0 Å². The number of halogens is 1. The lowest BCUT2D eigenvalue weighted by atomic mass is 10.1. The lowest BCUT2D eigenvalue weighted by molar-refractivity contribution is -0.123. The summed E-state index contributed by atoms with van der Waals surface area (Å²) in [7, 11) is 1.35. The molecular weight excluding hydrogens is 524 g/mol. The number of carbonyl (C=O) groups is 3. The van der Waals surface area contributed by atoms with E-state index in [4.69, 9.17) is 4.74 Å². The summed E-state index contributed by atoms with van der Waals surface area (Å²) in [6.07, 6.45) is 7.72. The van der Waals surface area contributed by atoms with Gasteiger partial charge in [0.05, 0.1) is 31.1 Å². The topological polar surface area (TPSA) is 139 Å². The number of hydrogen-bond donors (Lipinski definition) is 1. The summed E-state index contributed by atoms with van der Waals surface area (Å²) >= 11 is 0. The van der Waals surface area contributed by atoms with Crippen molar-refractivity contribution in [3.05, 3.63) is 64.6 Å². The number of imidazole rings is 1. The number of urea groups is 1. The molecule has 0 unspecified atom stereocenters. The molecule has 3 heterocycles. The van der Waals surface area contributed by atoms with E-state index in [1.165, 1.54) is 16.9 Å². The van der Waals surface area contributed by atoms with Crippen molar-refractivity contribution < 1.29 is 19.1 Å². The Morgan fingerprint density at radius 3 is 2.44 bits per heavy atom. The highest BCUT2D eigenvalue weighted by Gasteiger charge is 2.41. The molecule has 1 aliphatic rings. The first kappa shape index (κ1) is 29.5. The number of aryl methyl sites for hydroxylation is 1. The van der Waals surface area contributed by atoms with E-state index in [0.29, 0.717) is 36.6 Å². The number of nitrogens with zero attached hydrogens (tertiary/aromatic N) is 7. The summed E-state index contributed by atoms with van der Waals surface area (Å²) in [4.78, 5) is 45.7. The zero-order chi connectivity index (χ0) is 27.1. The molecule has 13 heteroatoms. The third-order valence-corrected chi connectivity index (χ3v) is 6.36. The quantitative estimate of drug-likeness (QED) is 0.203. The Bertz CT molecular complexity index is 1300. The molecule has 0 saturated carbocycles. The minimum Gasteiger partial charge on any atom is -0.465 e. The molecule has 0 atom stereocenters. The van der Waals surface area contributed by atoms with E-state index in [0.717, 1.165) is 37.1 Å². The van der Waals surface area contributed by atoms with E-state index in [1.807, 2.05) is 23.6 Å². The molecule has 1 saturated heterocycles. The number of aromatic nitrogens is 6. The molecule has 12 nitrogen and oxygen atoms in total. The molecule has 1 fully saturated rings. The number of tetrazole rings is 1. The van der Waals surface area contributed by atoms with Gasteiger partial charge < -0.3 is 9.30 Å². The van der Waals surface area contributed by atoms with Crippen molar-refractivity contribution in [3.8, 4) is 0 Å². The van der Waals surface area contributed by atoms with Crippen LogP contribution >= 0.6 is 12.4 Å². The number of amides is 3. The molecule has 4 rings (SSSR count). The van der Waals surface area contributed by atoms with Crippen LogP contribution in [0, 0.1) is 0 Å². The number of H-pyrrole nitrogens is 1. The first-order valence-electron chi connectivity index (χ1n) is 12.8. The van der Waals surface area contributed by atoms with Crippen LogP contribution < -0.4 is 0 Å². The number of methoxy groups -OCH3 is 1. The standard InChI is InChI=1S/C26H32N8O4.ClH/c1-4-6-8-23-27-15-20(33(23)16-18-9-11-19(12-10-18)25(36)38-3)14-21-24(35)32(13-7-5-2)26(37)34(21)17-22-28-30-31-29-22;/h9-12,14-15H,4-8,13,16-17H2,1-3H3,(H,28,29,30,31);1H/b21-14-;. The normalized spacial score (nSPS) is 14.3. The van der Waals surface area contributed by atoms with Gasteiger partial charge in [-0.3, -0.25) is 14.6 Å². The fourth-order valence-electron chi connectivity index (χ4n) is 4.23. The largest absolute Gasteiger partial charge is 0.465 e. The molecule has 0 bridgehead atoms. The molecule has 1 N–H and O–H groups in total. The SMILES string of the molecule is CCCCc1ncc(/C=C2/C(=O)N(CCCC)C(=O)N2Cc2nn[nH]n2)n1Cc1ccc(C(=O)OC)cc1.Cl. The molecule has 0 radical (unpaired) electrons. The molecule has 1 aromatic carbocycles. The van der Waals surface area contributed by atoms with E-state index in [-0.39, 0.29) is 30.6 Å². The minimum atomic E-state index is -0.407. The molecule has 0 spiro atoms. The van der Waals surface area contributed by atoms with Crippen molar-refractivity contribution in [1.82, 2.24) is 40.0 Å². The Labute approximate surface area is 232 Å². The second kappa shape index (κ2) is 13.7. The number of esters is 1. The fraction of sp³-hybridized carbons (Fsp3) is 0.423. The maximum Gasteiger partial charge on any atom is 0.337 e. The number of hydrogen-bond acceptors (Lipinski definition) is 8. The Morgan fingerprint density at radius 2 is 1.79 bits per heavy atom. The number of benzene rings is 1. The molecule has 1 aliphatic heterocycles. The van der Waals surface area contributed by atoms with Gasteiger partial charge in [0.25, 0.3) is 5.91 Å². The molecule has 3 aromatic rings. The van der Waals surface area contributed by atoms with Crippen LogP contribution in [-0.4, -0.2) is 71.5 Å². The maximum absolute atomic E-state index is 13.4. The zero-order valence-corrected chi connectivity index (χ0v) is 23.1. The van der Waals surface area contributed by atoms with E-state index in [9.17, 15) is 14.4 Å². The van der Waals surface area contributed by atoms with Gasteiger partial charge in [-0.1, -0.05) is 44.0 Å². The Morgan fingerprint density at radius 1 is 1.05 bits per heavy atom. The predicted octanol–water partition coefficient (Wildman–Crippen LogP) is 3.60. The summed E-state index contributed by atoms with van der Waals surface area (Å²) in [5.74, 6) is 0.418. The Balaban J connectivity index is 0.00000420. The zero-order valence-electron chi connectivity index (χ0n) is 22.3. The van der Waals surface area contributed by atoms with Gasteiger partial charge in [-0.25, -0.2) is 14.6 Å². The van der Waals surface area contributed by atoms with Crippen LogP contribution in [0.25, 0.3) is 6.08 Å². The minimum absolute atomic E-state index is 0. The van der Waals surface area contributed by atoms with Crippen LogP contribution in [-0.2, 0) is 29.0 Å². The number of ether oxygens (including phenoxy) is 1. The Hall–Kier alpha value is -4.06. The summed E-state index contributed by atoms with van der Waals surface area (Å²) in [5, 5.41) is 13.9.